The minimum atomic E-state index is -0.883. The highest BCUT2D eigenvalue weighted by Crippen LogP contribution is 2.26. The summed E-state index contributed by atoms with van der Waals surface area (Å²) in [5.74, 6) is -1.99. The highest BCUT2D eigenvalue weighted by molar-refractivity contribution is 5.69. The zero-order valence-corrected chi connectivity index (χ0v) is 11.3. The molecule has 0 radical (unpaired) electrons. The summed E-state index contributed by atoms with van der Waals surface area (Å²) in [6, 6.07) is 3.67. The minimum absolute atomic E-state index is 0.0549. The molecule has 1 heterocycles. The van der Waals surface area contributed by atoms with Crippen molar-refractivity contribution in [3.8, 4) is 0 Å². The molecular weight excluding hydrogens is 266 g/mol. The van der Waals surface area contributed by atoms with Crippen LogP contribution in [0, 0.1) is 17.6 Å². The van der Waals surface area contributed by atoms with Gasteiger partial charge in [0.1, 0.15) is 0 Å². The molecule has 2 N–H and O–H groups in total. The van der Waals surface area contributed by atoms with Crippen molar-refractivity contribution >= 4 is 11.7 Å². The van der Waals surface area contributed by atoms with Gasteiger partial charge in [0.25, 0.3) is 0 Å². The highest BCUT2D eigenvalue weighted by Gasteiger charge is 2.27. The molecule has 4 nitrogen and oxygen atoms in total. The molecule has 0 spiro atoms. The Morgan fingerprint density at radius 1 is 1.40 bits per heavy atom. The molecule has 0 bridgehead atoms. The van der Waals surface area contributed by atoms with E-state index in [-0.39, 0.29) is 24.3 Å². The standard InChI is InChI=1S/C14H18F2N2O2/c1-20-14(19)5-9-4-10(17)8-18(7-9)11-2-3-12(15)13(16)6-11/h2-3,6,9-10H,4-5,7-8,17H2,1H3. The van der Waals surface area contributed by atoms with Gasteiger partial charge in [-0.05, 0) is 24.5 Å². The van der Waals surface area contributed by atoms with E-state index in [4.69, 9.17) is 5.73 Å². The summed E-state index contributed by atoms with van der Waals surface area (Å²) in [4.78, 5) is 13.2. The summed E-state index contributed by atoms with van der Waals surface area (Å²) in [6.45, 7) is 1.14. The molecule has 1 fully saturated rings. The van der Waals surface area contributed by atoms with E-state index in [1.807, 2.05) is 4.90 Å². The average molecular weight is 284 g/mol. The van der Waals surface area contributed by atoms with E-state index >= 15 is 0 Å². The van der Waals surface area contributed by atoms with Crippen LogP contribution in [-0.4, -0.2) is 32.2 Å². The number of carbonyl (C=O) groups excluding carboxylic acids is 1. The topological polar surface area (TPSA) is 55.6 Å². The zero-order chi connectivity index (χ0) is 14.7. The van der Waals surface area contributed by atoms with Crippen LogP contribution in [0.2, 0.25) is 0 Å². The molecule has 1 aliphatic rings. The predicted molar refractivity (Wildman–Crippen MR) is 71.3 cm³/mol. The lowest BCUT2D eigenvalue weighted by atomic mass is 9.91. The van der Waals surface area contributed by atoms with Crippen molar-refractivity contribution in [3.05, 3.63) is 29.8 Å². The number of methoxy groups -OCH3 is 1. The van der Waals surface area contributed by atoms with Gasteiger partial charge in [0.15, 0.2) is 11.6 Å². The highest BCUT2D eigenvalue weighted by atomic mass is 19.2. The summed E-state index contributed by atoms with van der Waals surface area (Å²) in [5, 5.41) is 0. The van der Waals surface area contributed by atoms with Gasteiger partial charge in [0.05, 0.1) is 13.5 Å². The van der Waals surface area contributed by atoms with E-state index in [2.05, 4.69) is 4.74 Å². The van der Waals surface area contributed by atoms with Gasteiger partial charge < -0.3 is 15.4 Å². The maximum absolute atomic E-state index is 13.3. The van der Waals surface area contributed by atoms with Crippen molar-refractivity contribution < 1.29 is 18.3 Å². The number of benzene rings is 1. The Kier molecular flexibility index (Phi) is 4.54. The molecule has 2 unspecified atom stereocenters. The largest absolute Gasteiger partial charge is 0.469 e. The number of rotatable bonds is 3. The average Bonchev–Trinajstić information content (AvgIpc) is 2.41. The SMILES string of the molecule is COC(=O)CC1CC(N)CN(c2ccc(F)c(F)c2)C1. The molecule has 1 aromatic carbocycles. The van der Waals surface area contributed by atoms with Crippen LogP contribution in [0.4, 0.5) is 14.5 Å². The van der Waals surface area contributed by atoms with Crippen molar-refractivity contribution in [2.75, 3.05) is 25.1 Å². The Labute approximate surface area is 116 Å². The first kappa shape index (κ1) is 14.7. The Morgan fingerprint density at radius 2 is 2.15 bits per heavy atom. The predicted octanol–water partition coefficient (Wildman–Crippen LogP) is 1.68. The number of ether oxygens (including phenoxy) is 1. The lowest BCUT2D eigenvalue weighted by Gasteiger charge is -2.37. The van der Waals surface area contributed by atoms with E-state index in [1.165, 1.54) is 13.2 Å². The Bertz CT molecular complexity index is 496. The Morgan fingerprint density at radius 3 is 2.80 bits per heavy atom. The fraction of sp³-hybridized carbons (Fsp3) is 0.500. The third-order valence-electron chi connectivity index (χ3n) is 3.52. The second-order valence-electron chi connectivity index (χ2n) is 5.15. The summed E-state index contributed by atoms with van der Waals surface area (Å²) in [7, 11) is 1.35. The van der Waals surface area contributed by atoms with E-state index in [0.29, 0.717) is 18.8 Å². The molecular formula is C14H18F2N2O2. The fourth-order valence-corrected chi connectivity index (χ4v) is 2.61. The number of nitrogens with zero attached hydrogens (tertiary/aromatic N) is 1. The number of hydrogen-bond acceptors (Lipinski definition) is 4. The number of carbonyl (C=O) groups is 1. The maximum atomic E-state index is 13.3. The van der Waals surface area contributed by atoms with Crippen LogP contribution in [0.5, 0.6) is 0 Å². The molecule has 6 heteroatoms. The number of halogens is 2. The first-order valence-electron chi connectivity index (χ1n) is 6.52. The third kappa shape index (κ3) is 3.45. The van der Waals surface area contributed by atoms with Crippen LogP contribution < -0.4 is 10.6 Å². The van der Waals surface area contributed by atoms with Crippen LogP contribution in [0.25, 0.3) is 0 Å². The van der Waals surface area contributed by atoms with Crippen molar-refractivity contribution in [1.29, 1.82) is 0 Å². The second kappa shape index (κ2) is 6.17. The molecule has 20 heavy (non-hydrogen) atoms. The van der Waals surface area contributed by atoms with Crippen molar-refractivity contribution in [2.45, 2.75) is 18.9 Å². The molecule has 0 aromatic heterocycles. The van der Waals surface area contributed by atoms with E-state index in [0.717, 1.165) is 18.6 Å². The lowest BCUT2D eigenvalue weighted by molar-refractivity contribution is -0.141. The van der Waals surface area contributed by atoms with Gasteiger partial charge in [-0.15, -0.1) is 0 Å². The molecule has 0 saturated carbocycles. The molecule has 0 amide bonds. The van der Waals surface area contributed by atoms with Gasteiger partial charge >= 0.3 is 5.97 Å². The first-order chi connectivity index (χ1) is 9.49. The summed E-state index contributed by atoms with van der Waals surface area (Å²) >= 11 is 0. The monoisotopic (exact) mass is 284 g/mol. The third-order valence-corrected chi connectivity index (χ3v) is 3.52. The summed E-state index contributed by atoms with van der Waals surface area (Å²) in [5.41, 5.74) is 6.55. The molecule has 2 atom stereocenters. The zero-order valence-electron chi connectivity index (χ0n) is 11.3. The molecule has 2 rings (SSSR count). The normalized spacial score (nSPS) is 22.7. The van der Waals surface area contributed by atoms with Gasteiger partial charge in [-0.3, -0.25) is 4.79 Å². The van der Waals surface area contributed by atoms with Gasteiger partial charge in [-0.1, -0.05) is 0 Å². The minimum Gasteiger partial charge on any atom is -0.469 e. The van der Waals surface area contributed by atoms with Gasteiger partial charge in [-0.2, -0.15) is 0 Å². The van der Waals surface area contributed by atoms with Crippen LogP contribution >= 0.6 is 0 Å². The van der Waals surface area contributed by atoms with Gasteiger partial charge in [0.2, 0.25) is 0 Å². The van der Waals surface area contributed by atoms with Gasteiger partial charge in [0, 0.05) is 30.9 Å². The number of hydrogen-bond donors (Lipinski definition) is 1. The van der Waals surface area contributed by atoms with E-state index in [9.17, 15) is 13.6 Å². The number of esters is 1. The molecule has 1 saturated heterocycles. The second-order valence-corrected chi connectivity index (χ2v) is 5.15. The summed E-state index contributed by atoms with van der Waals surface area (Å²) < 4.78 is 30.9. The maximum Gasteiger partial charge on any atom is 0.305 e. The van der Waals surface area contributed by atoms with Crippen LogP contribution in [0.3, 0.4) is 0 Å². The summed E-state index contributed by atoms with van der Waals surface area (Å²) in [6.07, 6.45) is 1.000. The van der Waals surface area contributed by atoms with E-state index < -0.39 is 11.6 Å². The van der Waals surface area contributed by atoms with Crippen molar-refractivity contribution in [1.82, 2.24) is 0 Å². The quantitative estimate of drug-likeness (QED) is 0.858. The lowest BCUT2D eigenvalue weighted by Crippen LogP contribution is -2.47. The molecule has 1 aliphatic heterocycles. The molecule has 0 aliphatic carbocycles. The first-order valence-corrected chi connectivity index (χ1v) is 6.52. The Hall–Kier alpha value is -1.69. The number of nitrogens with two attached hydrogens (primary N) is 1. The number of piperidine rings is 1. The van der Waals surface area contributed by atoms with Crippen molar-refractivity contribution in [3.63, 3.8) is 0 Å². The fourth-order valence-electron chi connectivity index (χ4n) is 2.61. The molecule has 110 valence electrons. The van der Waals surface area contributed by atoms with Crippen molar-refractivity contribution in [2.24, 2.45) is 11.7 Å². The van der Waals surface area contributed by atoms with Crippen LogP contribution in [-0.2, 0) is 9.53 Å². The van der Waals surface area contributed by atoms with E-state index in [1.54, 1.807) is 0 Å². The van der Waals surface area contributed by atoms with Gasteiger partial charge in [-0.25, -0.2) is 8.78 Å². The Balaban J connectivity index is 2.10. The van der Waals surface area contributed by atoms with Crippen LogP contribution in [0.1, 0.15) is 12.8 Å². The van der Waals surface area contributed by atoms with Crippen LogP contribution in [0.15, 0.2) is 18.2 Å². The molecule has 1 aromatic rings. The number of anilines is 1. The smallest absolute Gasteiger partial charge is 0.305 e.